The van der Waals surface area contributed by atoms with Gasteiger partial charge >= 0.3 is 0 Å². The first kappa shape index (κ1) is 19.7. The second-order valence-corrected chi connectivity index (χ2v) is 6.89. The number of aliphatic imine (C=N–C) groups is 1. The van der Waals surface area contributed by atoms with Gasteiger partial charge < -0.3 is 15.1 Å². The fourth-order valence-corrected chi connectivity index (χ4v) is 2.59. The molecular weight excluding hydrogens is 290 g/mol. The standard InChI is InChI=1S/C17H35N5O/c1-6-7-8-18-17(19-13-16(23)20(4)5)22-11-9-21(10-12-22)14-15(2)3/h15H,6-14H2,1-5H3,(H,18,19). The zero-order valence-corrected chi connectivity index (χ0v) is 15.6. The Bertz CT molecular complexity index is 373. The topological polar surface area (TPSA) is 51.2 Å². The SMILES string of the molecule is CCCCNC(=NCC(=O)N(C)C)N1CCN(CC(C)C)CC1. The lowest BCUT2D eigenvalue weighted by Gasteiger charge is -2.37. The molecule has 6 heteroatoms. The molecular formula is C17H35N5O. The lowest BCUT2D eigenvalue weighted by atomic mass is 10.2. The average Bonchev–Trinajstić information content (AvgIpc) is 2.50. The van der Waals surface area contributed by atoms with Crippen molar-refractivity contribution in [3.8, 4) is 0 Å². The highest BCUT2D eigenvalue weighted by atomic mass is 16.2. The Morgan fingerprint density at radius 2 is 1.87 bits per heavy atom. The molecule has 1 saturated heterocycles. The summed E-state index contributed by atoms with van der Waals surface area (Å²) >= 11 is 0. The third kappa shape index (κ3) is 7.68. The van der Waals surface area contributed by atoms with Gasteiger partial charge in [-0.25, -0.2) is 4.99 Å². The number of nitrogens with zero attached hydrogens (tertiary/aromatic N) is 4. The van der Waals surface area contributed by atoms with Crippen molar-refractivity contribution in [1.82, 2.24) is 20.0 Å². The van der Waals surface area contributed by atoms with E-state index in [2.05, 4.69) is 40.9 Å². The first-order chi connectivity index (χ1) is 10.9. The summed E-state index contributed by atoms with van der Waals surface area (Å²) < 4.78 is 0. The number of hydrogen-bond acceptors (Lipinski definition) is 3. The lowest BCUT2D eigenvalue weighted by molar-refractivity contribution is -0.127. The Kier molecular flexibility index (Phi) is 8.99. The molecule has 0 aromatic heterocycles. The number of rotatable bonds is 7. The quantitative estimate of drug-likeness (QED) is 0.433. The van der Waals surface area contributed by atoms with Gasteiger partial charge in [0.2, 0.25) is 5.91 Å². The van der Waals surface area contributed by atoms with Crippen LogP contribution in [0.1, 0.15) is 33.6 Å². The fourth-order valence-electron chi connectivity index (χ4n) is 2.59. The Hall–Kier alpha value is -1.30. The van der Waals surface area contributed by atoms with Crippen molar-refractivity contribution in [2.24, 2.45) is 10.9 Å². The van der Waals surface area contributed by atoms with Crippen LogP contribution in [0.3, 0.4) is 0 Å². The molecule has 1 heterocycles. The van der Waals surface area contributed by atoms with E-state index in [0.717, 1.165) is 58.1 Å². The zero-order chi connectivity index (χ0) is 17.2. The third-order valence-corrected chi connectivity index (χ3v) is 3.97. The monoisotopic (exact) mass is 325 g/mol. The van der Waals surface area contributed by atoms with Gasteiger partial charge in [0, 0.05) is 53.4 Å². The molecule has 1 N–H and O–H groups in total. The smallest absolute Gasteiger partial charge is 0.243 e. The number of likely N-dealkylation sites (N-methyl/N-ethyl adjacent to an activating group) is 1. The highest BCUT2D eigenvalue weighted by molar-refractivity contribution is 5.84. The normalized spacial score (nSPS) is 16.8. The van der Waals surface area contributed by atoms with Gasteiger partial charge in [-0.3, -0.25) is 9.69 Å². The van der Waals surface area contributed by atoms with E-state index in [-0.39, 0.29) is 12.5 Å². The van der Waals surface area contributed by atoms with E-state index in [0.29, 0.717) is 5.92 Å². The van der Waals surface area contributed by atoms with E-state index in [9.17, 15) is 4.79 Å². The van der Waals surface area contributed by atoms with Crippen molar-refractivity contribution >= 4 is 11.9 Å². The van der Waals surface area contributed by atoms with Crippen LogP contribution < -0.4 is 5.32 Å². The van der Waals surface area contributed by atoms with Crippen LogP contribution in [0.4, 0.5) is 0 Å². The van der Waals surface area contributed by atoms with Crippen LogP contribution in [0.25, 0.3) is 0 Å². The van der Waals surface area contributed by atoms with E-state index < -0.39 is 0 Å². The molecule has 0 unspecified atom stereocenters. The summed E-state index contributed by atoms with van der Waals surface area (Å²) in [7, 11) is 3.54. The Morgan fingerprint density at radius 1 is 1.22 bits per heavy atom. The molecule has 0 aromatic carbocycles. The summed E-state index contributed by atoms with van der Waals surface area (Å²) in [6.45, 7) is 13.1. The van der Waals surface area contributed by atoms with Gasteiger partial charge in [-0.2, -0.15) is 0 Å². The lowest BCUT2D eigenvalue weighted by Crippen LogP contribution is -2.53. The van der Waals surface area contributed by atoms with Crippen molar-refractivity contribution in [2.75, 3.05) is 59.9 Å². The number of amides is 1. The van der Waals surface area contributed by atoms with Crippen LogP contribution in [0, 0.1) is 5.92 Å². The molecule has 1 amide bonds. The van der Waals surface area contributed by atoms with Crippen LogP contribution >= 0.6 is 0 Å². The zero-order valence-electron chi connectivity index (χ0n) is 15.6. The van der Waals surface area contributed by atoms with Gasteiger partial charge in [-0.15, -0.1) is 0 Å². The first-order valence-electron chi connectivity index (χ1n) is 8.89. The molecule has 1 rings (SSSR count). The number of unbranched alkanes of at least 4 members (excludes halogenated alkanes) is 1. The minimum absolute atomic E-state index is 0.0400. The maximum atomic E-state index is 11.8. The molecule has 0 aromatic rings. The fraction of sp³-hybridized carbons (Fsp3) is 0.882. The predicted octanol–water partition coefficient (Wildman–Crippen LogP) is 1.09. The molecule has 1 fully saturated rings. The number of nitrogens with one attached hydrogen (secondary N) is 1. The molecule has 23 heavy (non-hydrogen) atoms. The van der Waals surface area contributed by atoms with Gasteiger partial charge in [0.15, 0.2) is 5.96 Å². The summed E-state index contributed by atoms with van der Waals surface area (Å²) in [4.78, 5) is 22.7. The number of hydrogen-bond donors (Lipinski definition) is 1. The molecule has 0 spiro atoms. The Morgan fingerprint density at radius 3 is 2.39 bits per heavy atom. The van der Waals surface area contributed by atoms with Gasteiger partial charge in [0.25, 0.3) is 0 Å². The van der Waals surface area contributed by atoms with Crippen LogP contribution in [-0.4, -0.2) is 86.5 Å². The summed E-state index contributed by atoms with van der Waals surface area (Å²) in [5.74, 6) is 1.63. The van der Waals surface area contributed by atoms with Gasteiger partial charge in [0.05, 0.1) is 0 Å². The van der Waals surface area contributed by atoms with E-state index in [1.807, 2.05) is 0 Å². The number of carbonyl (C=O) groups is 1. The van der Waals surface area contributed by atoms with Gasteiger partial charge in [-0.1, -0.05) is 27.2 Å². The summed E-state index contributed by atoms with van der Waals surface area (Å²) in [5.41, 5.74) is 0. The Labute approximate surface area is 141 Å². The molecule has 134 valence electrons. The van der Waals surface area contributed by atoms with Crippen molar-refractivity contribution in [1.29, 1.82) is 0 Å². The van der Waals surface area contributed by atoms with Crippen molar-refractivity contribution in [3.63, 3.8) is 0 Å². The minimum Gasteiger partial charge on any atom is -0.356 e. The maximum Gasteiger partial charge on any atom is 0.243 e. The van der Waals surface area contributed by atoms with Gasteiger partial charge in [-0.05, 0) is 12.3 Å². The van der Waals surface area contributed by atoms with E-state index >= 15 is 0 Å². The number of guanidine groups is 1. The molecule has 1 aliphatic rings. The average molecular weight is 326 g/mol. The van der Waals surface area contributed by atoms with Crippen LogP contribution in [0.15, 0.2) is 4.99 Å². The van der Waals surface area contributed by atoms with E-state index in [1.54, 1.807) is 19.0 Å². The summed E-state index contributed by atoms with van der Waals surface area (Å²) in [6, 6.07) is 0. The molecule has 0 atom stereocenters. The second-order valence-electron chi connectivity index (χ2n) is 6.89. The van der Waals surface area contributed by atoms with Crippen LogP contribution in [0.5, 0.6) is 0 Å². The largest absolute Gasteiger partial charge is 0.356 e. The third-order valence-electron chi connectivity index (χ3n) is 3.97. The molecule has 6 nitrogen and oxygen atoms in total. The molecule has 0 saturated carbocycles. The predicted molar refractivity (Wildman–Crippen MR) is 96.8 cm³/mol. The van der Waals surface area contributed by atoms with E-state index in [4.69, 9.17) is 0 Å². The molecule has 0 bridgehead atoms. The van der Waals surface area contributed by atoms with E-state index in [1.165, 1.54) is 0 Å². The van der Waals surface area contributed by atoms with Crippen LogP contribution in [-0.2, 0) is 4.79 Å². The first-order valence-corrected chi connectivity index (χ1v) is 8.89. The summed E-state index contributed by atoms with van der Waals surface area (Å²) in [6.07, 6.45) is 2.27. The number of piperazine rings is 1. The second kappa shape index (κ2) is 10.5. The Balaban J connectivity index is 2.58. The van der Waals surface area contributed by atoms with Crippen LogP contribution in [0.2, 0.25) is 0 Å². The van der Waals surface area contributed by atoms with Crippen molar-refractivity contribution < 1.29 is 4.79 Å². The highest BCUT2D eigenvalue weighted by Gasteiger charge is 2.20. The van der Waals surface area contributed by atoms with Crippen molar-refractivity contribution in [2.45, 2.75) is 33.6 Å². The highest BCUT2D eigenvalue weighted by Crippen LogP contribution is 2.06. The number of carbonyl (C=O) groups excluding carboxylic acids is 1. The molecule has 1 aliphatic heterocycles. The minimum atomic E-state index is 0.0400. The maximum absolute atomic E-state index is 11.8. The molecule has 0 aliphatic carbocycles. The van der Waals surface area contributed by atoms with Gasteiger partial charge in [0.1, 0.15) is 6.54 Å². The summed E-state index contributed by atoms with van der Waals surface area (Å²) in [5, 5.41) is 3.43. The molecule has 0 radical (unpaired) electrons. The van der Waals surface area contributed by atoms with Crippen molar-refractivity contribution in [3.05, 3.63) is 0 Å².